The third-order valence-electron chi connectivity index (χ3n) is 2.76. The van der Waals surface area contributed by atoms with Gasteiger partial charge in [0.2, 0.25) is 0 Å². The number of para-hydroxylation sites is 2. The minimum Gasteiger partial charge on any atom is -0.493 e. The van der Waals surface area contributed by atoms with Crippen LogP contribution < -0.4 is 15.2 Å². The lowest BCUT2D eigenvalue weighted by Gasteiger charge is -2.15. The van der Waals surface area contributed by atoms with Crippen molar-refractivity contribution in [2.75, 3.05) is 7.11 Å². The van der Waals surface area contributed by atoms with Crippen LogP contribution in [-0.4, -0.2) is 7.11 Å². The molecule has 0 aliphatic heterocycles. The van der Waals surface area contributed by atoms with Gasteiger partial charge in [0.05, 0.1) is 7.11 Å². The molecule has 0 aromatic heterocycles. The molecule has 2 aromatic rings. The van der Waals surface area contributed by atoms with E-state index in [1.807, 2.05) is 12.1 Å². The van der Waals surface area contributed by atoms with E-state index in [-0.39, 0.29) is 5.82 Å². The van der Waals surface area contributed by atoms with Gasteiger partial charge in [-0.1, -0.05) is 18.2 Å². The zero-order valence-corrected chi connectivity index (χ0v) is 10.9. The van der Waals surface area contributed by atoms with Gasteiger partial charge in [0.15, 0.2) is 11.5 Å². The first-order valence-corrected chi connectivity index (χ1v) is 5.98. The standard InChI is InChI=1S/C15H16FNO2/c1-10(17)15-11(16)6-5-9-14(15)19-13-8-4-3-7-12(13)18-2/h3-10H,17H2,1-2H3/t10-/m0/s1. The van der Waals surface area contributed by atoms with Crippen LogP contribution in [0.25, 0.3) is 0 Å². The van der Waals surface area contributed by atoms with Gasteiger partial charge in [0.25, 0.3) is 0 Å². The van der Waals surface area contributed by atoms with Gasteiger partial charge in [-0.25, -0.2) is 4.39 Å². The van der Waals surface area contributed by atoms with Crippen LogP contribution in [0.15, 0.2) is 42.5 Å². The van der Waals surface area contributed by atoms with Gasteiger partial charge in [-0.2, -0.15) is 0 Å². The number of halogens is 1. The van der Waals surface area contributed by atoms with Gasteiger partial charge in [-0.15, -0.1) is 0 Å². The van der Waals surface area contributed by atoms with Crippen LogP contribution in [-0.2, 0) is 0 Å². The summed E-state index contributed by atoms with van der Waals surface area (Å²) in [7, 11) is 1.56. The number of benzene rings is 2. The lowest BCUT2D eigenvalue weighted by Crippen LogP contribution is -2.09. The summed E-state index contributed by atoms with van der Waals surface area (Å²) >= 11 is 0. The van der Waals surface area contributed by atoms with E-state index < -0.39 is 6.04 Å². The van der Waals surface area contributed by atoms with E-state index in [4.69, 9.17) is 15.2 Å². The van der Waals surface area contributed by atoms with E-state index in [1.165, 1.54) is 6.07 Å². The van der Waals surface area contributed by atoms with Crippen molar-refractivity contribution in [1.82, 2.24) is 0 Å². The lowest BCUT2D eigenvalue weighted by atomic mass is 10.1. The molecule has 0 fully saturated rings. The molecule has 1 atom stereocenters. The Bertz CT molecular complexity index is 570. The highest BCUT2D eigenvalue weighted by molar-refractivity contribution is 5.45. The van der Waals surface area contributed by atoms with Gasteiger partial charge in [-0.3, -0.25) is 0 Å². The van der Waals surface area contributed by atoms with Gasteiger partial charge in [0.1, 0.15) is 11.6 Å². The van der Waals surface area contributed by atoms with E-state index in [1.54, 1.807) is 38.3 Å². The number of rotatable bonds is 4. The van der Waals surface area contributed by atoms with Crippen molar-refractivity contribution in [3.63, 3.8) is 0 Å². The van der Waals surface area contributed by atoms with Crippen molar-refractivity contribution >= 4 is 0 Å². The molecule has 2 aromatic carbocycles. The maximum Gasteiger partial charge on any atom is 0.169 e. The molecular weight excluding hydrogens is 245 g/mol. The van der Waals surface area contributed by atoms with Crippen LogP contribution in [0.3, 0.4) is 0 Å². The highest BCUT2D eigenvalue weighted by Gasteiger charge is 2.15. The van der Waals surface area contributed by atoms with Crippen LogP contribution in [0.5, 0.6) is 17.2 Å². The summed E-state index contributed by atoms with van der Waals surface area (Å²) in [5.41, 5.74) is 6.14. The van der Waals surface area contributed by atoms with Crippen LogP contribution in [0.2, 0.25) is 0 Å². The van der Waals surface area contributed by atoms with Crippen molar-refractivity contribution in [1.29, 1.82) is 0 Å². The number of ether oxygens (including phenoxy) is 2. The molecule has 100 valence electrons. The van der Waals surface area contributed by atoms with Gasteiger partial charge in [0, 0.05) is 11.6 Å². The van der Waals surface area contributed by atoms with Crippen LogP contribution in [0.1, 0.15) is 18.5 Å². The fourth-order valence-corrected chi connectivity index (χ4v) is 1.87. The summed E-state index contributed by atoms with van der Waals surface area (Å²) in [5.74, 6) is 1.14. The lowest BCUT2D eigenvalue weighted by molar-refractivity contribution is 0.375. The minimum absolute atomic E-state index is 0.355. The van der Waals surface area contributed by atoms with E-state index >= 15 is 0 Å². The summed E-state index contributed by atoms with van der Waals surface area (Å²) < 4.78 is 24.7. The molecule has 0 heterocycles. The molecule has 0 amide bonds. The number of hydrogen-bond acceptors (Lipinski definition) is 3. The Balaban J connectivity index is 2.41. The summed E-state index contributed by atoms with van der Waals surface area (Å²) in [6.07, 6.45) is 0. The third kappa shape index (κ3) is 2.85. The second-order valence-electron chi connectivity index (χ2n) is 4.19. The van der Waals surface area contributed by atoms with Crippen LogP contribution in [0, 0.1) is 5.82 Å². The van der Waals surface area contributed by atoms with Crippen molar-refractivity contribution < 1.29 is 13.9 Å². The Labute approximate surface area is 111 Å². The summed E-state index contributed by atoms with van der Waals surface area (Å²) in [4.78, 5) is 0. The average Bonchev–Trinajstić information content (AvgIpc) is 2.39. The van der Waals surface area contributed by atoms with Crippen molar-refractivity contribution in [2.24, 2.45) is 5.73 Å². The van der Waals surface area contributed by atoms with E-state index in [2.05, 4.69) is 0 Å². The van der Waals surface area contributed by atoms with Gasteiger partial charge in [-0.05, 0) is 31.2 Å². The Kier molecular flexibility index (Phi) is 4.02. The van der Waals surface area contributed by atoms with Crippen molar-refractivity contribution in [2.45, 2.75) is 13.0 Å². The van der Waals surface area contributed by atoms with E-state index in [0.717, 1.165) is 0 Å². The summed E-state index contributed by atoms with van der Waals surface area (Å²) in [6.45, 7) is 1.72. The predicted octanol–water partition coefficient (Wildman–Crippen LogP) is 3.65. The average molecular weight is 261 g/mol. The third-order valence-corrected chi connectivity index (χ3v) is 2.76. The number of hydrogen-bond donors (Lipinski definition) is 1. The van der Waals surface area contributed by atoms with Crippen molar-refractivity contribution in [3.05, 3.63) is 53.8 Å². The molecule has 2 rings (SSSR count). The number of methoxy groups -OCH3 is 1. The Morgan fingerprint density at radius 3 is 2.26 bits per heavy atom. The molecule has 0 unspecified atom stereocenters. The fraction of sp³-hybridized carbons (Fsp3) is 0.200. The van der Waals surface area contributed by atoms with E-state index in [0.29, 0.717) is 22.8 Å². The Morgan fingerprint density at radius 2 is 1.63 bits per heavy atom. The maximum atomic E-state index is 13.8. The Morgan fingerprint density at radius 1 is 1.00 bits per heavy atom. The summed E-state index contributed by atoms with van der Waals surface area (Å²) in [6, 6.07) is 11.4. The monoisotopic (exact) mass is 261 g/mol. The zero-order chi connectivity index (χ0) is 13.8. The van der Waals surface area contributed by atoms with E-state index in [9.17, 15) is 4.39 Å². The fourth-order valence-electron chi connectivity index (χ4n) is 1.87. The summed E-state index contributed by atoms with van der Waals surface area (Å²) in [5, 5.41) is 0. The SMILES string of the molecule is COc1ccccc1Oc1cccc(F)c1[C@H](C)N. The van der Waals surface area contributed by atoms with Gasteiger partial charge >= 0.3 is 0 Å². The smallest absolute Gasteiger partial charge is 0.169 e. The molecule has 0 saturated heterocycles. The Hall–Kier alpha value is -2.07. The quantitative estimate of drug-likeness (QED) is 0.913. The first-order chi connectivity index (χ1) is 9.13. The highest BCUT2D eigenvalue weighted by Crippen LogP contribution is 2.35. The first-order valence-electron chi connectivity index (χ1n) is 5.98. The molecule has 0 bridgehead atoms. The molecule has 0 radical (unpaired) electrons. The first kappa shape index (κ1) is 13.4. The van der Waals surface area contributed by atoms with Gasteiger partial charge < -0.3 is 15.2 Å². The molecule has 2 N–H and O–H groups in total. The zero-order valence-electron chi connectivity index (χ0n) is 10.9. The molecule has 19 heavy (non-hydrogen) atoms. The highest BCUT2D eigenvalue weighted by atomic mass is 19.1. The van der Waals surface area contributed by atoms with Crippen LogP contribution >= 0.6 is 0 Å². The number of nitrogens with two attached hydrogens (primary N) is 1. The molecular formula is C15H16FNO2. The molecule has 0 aliphatic carbocycles. The topological polar surface area (TPSA) is 44.5 Å². The minimum atomic E-state index is -0.453. The second kappa shape index (κ2) is 5.71. The van der Waals surface area contributed by atoms with Crippen molar-refractivity contribution in [3.8, 4) is 17.2 Å². The maximum absolute atomic E-state index is 13.8. The predicted molar refractivity (Wildman–Crippen MR) is 72.1 cm³/mol. The molecule has 3 nitrogen and oxygen atoms in total. The molecule has 0 aliphatic rings. The molecule has 0 saturated carbocycles. The normalized spacial score (nSPS) is 12.0. The largest absolute Gasteiger partial charge is 0.493 e. The second-order valence-corrected chi connectivity index (χ2v) is 4.19. The molecule has 0 spiro atoms. The molecule has 4 heteroatoms. The van der Waals surface area contributed by atoms with Crippen LogP contribution in [0.4, 0.5) is 4.39 Å².